The van der Waals surface area contributed by atoms with Gasteiger partial charge in [0.25, 0.3) is 5.91 Å². The van der Waals surface area contributed by atoms with Crippen LogP contribution in [-0.4, -0.2) is 29.0 Å². The number of rotatable bonds is 7. The maximum atomic E-state index is 12.5. The van der Waals surface area contributed by atoms with Gasteiger partial charge < -0.3 is 10.2 Å². The Morgan fingerprint density at radius 2 is 1.87 bits per heavy atom. The minimum Gasteiger partial charge on any atom is -0.352 e. The van der Waals surface area contributed by atoms with E-state index in [9.17, 15) is 9.59 Å². The van der Waals surface area contributed by atoms with Crippen LogP contribution in [0, 0.1) is 0 Å². The minimum atomic E-state index is -0.0452. The predicted molar refractivity (Wildman–Crippen MR) is 127 cm³/mol. The van der Waals surface area contributed by atoms with Crippen molar-refractivity contribution < 1.29 is 9.59 Å². The molecule has 0 saturated carbocycles. The lowest BCUT2D eigenvalue weighted by atomic mass is 9.97. The Morgan fingerprint density at radius 1 is 1.10 bits per heavy atom. The number of halogens is 1. The third kappa shape index (κ3) is 5.72. The van der Waals surface area contributed by atoms with Crippen LogP contribution < -0.4 is 5.32 Å². The van der Waals surface area contributed by atoms with Gasteiger partial charge in [0.15, 0.2) is 0 Å². The fourth-order valence-electron chi connectivity index (χ4n) is 4.06. The summed E-state index contributed by atoms with van der Waals surface area (Å²) in [5.74, 6) is 0.552. The molecule has 162 valence electrons. The standard InChI is InChI=1S/C25H27ClN2O2S/c26-22-12-6-19(7-13-22)16-28-23(29)17-31-25(28)21-10-8-20(9-11-21)24(30)27-15-14-18-4-2-1-3-5-18/h4,6-13,25H,1-3,5,14-17H2,(H,27,30)/t25-/m1/s1. The van der Waals surface area contributed by atoms with Crippen LogP contribution >= 0.6 is 23.4 Å². The Kier molecular flexibility index (Phi) is 7.36. The summed E-state index contributed by atoms with van der Waals surface area (Å²) in [6.45, 7) is 1.22. The van der Waals surface area contributed by atoms with Gasteiger partial charge in [-0.3, -0.25) is 9.59 Å². The fraction of sp³-hybridized carbons (Fsp3) is 0.360. The maximum absolute atomic E-state index is 12.5. The van der Waals surface area contributed by atoms with Gasteiger partial charge in [0.2, 0.25) is 5.91 Å². The van der Waals surface area contributed by atoms with E-state index in [4.69, 9.17) is 11.6 Å². The first-order chi connectivity index (χ1) is 15.1. The van der Waals surface area contributed by atoms with Crippen molar-refractivity contribution in [3.8, 4) is 0 Å². The smallest absolute Gasteiger partial charge is 0.251 e. The molecule has 1 N–H and O–H groups in total. The molecule has 0 radical (unpaired) electrons. The molecule has 1 aliphatic carbocycles. The molecule has 0 unspecified atom stereocenters. The zero-order valence-electron chi connectivity index (χ0n) is 17.5. The Morgan fingerprint density at radius 3 is 2.58 bits per heavy atom. The third-order valence-electron chi connectivity index (χ3n) is 5.81. The molecule has 0 bridgehead atoms. The van der Waals surface area contributed by atoms with E-state index in [1.54, 1.807) is 11.8 Å². The number of hydrogen-bond acceptors (Lipinski definition) is 3. The van der Waals surface area contributed by atoms with E-state index >= 15 is 0 Å². The molecular formula is C25H27ClN2O2S. The van der Waals surface area contributed by atoms with Crippen LogP contribution in [0.1, 0.15) is 59.0 Å². The highest BCUT2D eigenvalue weighted by molar-refractivity contribution is 8.00. The van der Waals surface area contributed by atoms with Gasteiger partial charge >= 0.3 is 0 Å². The molecule has 31 heavy (non-hydrogen) atoms. The second-order valence-electron chi connectivity index (χ2n) is 8.05. The van der Waals surface area contributed by atoms with Crippen molar-refractivity contribution in [2.45, 2.75) is 44.0 Å². The molecular weight excluding hydrogens is 428 g/mol. The molecule has 1 aliphatic heterocycles. The molecule has 1 saturated heterocycles. The topological polar surface area (TPSA) is 49.4 Å². The predicted octanol–water partition coefficient (Wildman–Crippen LogP) is 5.73. The number of carbonyl (C=O) groups is 2. The fourth-order valence-corrected chi connectivity index (χ4v) is 5.37. The summed E-state index contributed by atoms with van der Waals surface area (Å²) in [6, 6.07) is 15.2. The highest BCUT2D eigenvalue weighted by Crippen LogP contribution is 2.39. The van der Waals surface area contributed by atoms with Crippen molar-refractivity contribution in [2.75, 3.05) is 12.3 Å². The highest BCUT2D eigenvalue weighted by Gasteiger charge is 2.32. The van der Waals surface area contributed by atoms with Crippen molar-refractivity contribution in [3.63, 3.8) is 0 Å². The Balaban J connectivity index is 1.35. The van der Waals surface area contributed by atoms with E-state index in [2.05, 4.69) is 11.4 Å². The van der Waals surface area contributed by atoms with E-state index in [0.29, 0.717) is 29.4 Å². The number of hydrogen-bond donors (Lipinski definition) is 1. The van der Waals surface area contributed by atoms with Gasteiger partial charge in [-0.15, -0.1) is 11.8 Å². The van der Waals surface area contributed by atoms with Crippen molar-refractivity contribution in [1.29, 1.82) is 0 Å². The number of thioether (sulfide) groups is 1. The summed E-state index contributed by atoms with van der Waals surface area (Å²) in [4.78, 5) is 26.8. The summed E-state index contributed by atoms with van der Waals surface area (Å²) in [7, 11) is 0. The van der Waals surface area contributed by atoms with Crippen molar-refractivity contribution in [2.24, 2.45) is 0 Å². The van der Waals surface area contributed by atoms with Crippen molar-refractivity contribution in [3.05, 3.63) is 81.9 Å². The maximum Gasteiger partial charge on any atom is 0.251 e. The number of nitrogens with one attached hydrogen (secondary N) is 1. The van der Waals surface area contributed by atoms with E-state index in [-0.39, 0.29) is 17.2 Å². The summed E-state index contributed by atoms with van der Waals surface area (Å²) in [5.41, 5.74) is 4.20. The number of amides is 2. The normalized spacial score (nSPS) is 18.7. The average Bonchev–Trinajstić information content (AvgIpc) is 3.16. The zero-order valence-corrected chi connectivity index (χ0v) is 19.1. The molecule has 0 spiro atoms. The van der Waals surface area contributed by atoms with Crippen LogP contribution in [0.25, 0.3) is 0 Å². The molecule has 0 aromatic heterocycles. The van der Waals surface area contributed by atoms with Crippen molar-refractivity contribution in [1.82, 2.24) is 10.2 Å². The molecule has 2 aliphatic rings. The van der Waals surface area contributed by atoms with Crippen LogP contribution in [0.4, 0.5) is 0 Å². The van der Waals surface area contributed by atoms with Crippen LogP contribution in [0.2, 0.25) is 5.02 Å². The number of benzene rings is 2. The lowest BCUT2D eigenvalue weighted by molar-refractivity contribution is -0.128. The molecule has 4 nitrogen and oxygen atoms in total. The Labute approximate surface area is 193 Å². The van der Waals surface area contributed by atoms with Crippen molar-refractivity contribution >= 4 is 35.2 Å². The molecule has 2 aromatic carbocycles. The molecule has 6 heteroatoms. The summed E-state index contributed by atoms with van der Waals surface area (Å²) in [6.07, 6.45) is 8.13. The largest absolute Gasteiger partial charge is 0.352 e. The zero-order chi connectivity index (χ0) is 21.6. The van der Waals surface area contributed by atoms with Gasteiger partial charge in [-0.05, 0) is 67.5 Å². The van der Waals surface area contributed by atoms with E-state index in [1.807, 2.05) is 53.4 Å². The average molecular weight is 455 g/mol. The lowest BCUT2D eigenvalue weighted by Gasteiger charge is -2.24. The van der Waals surface area contributed by atoms with E-state index in [1.165, 1.54) is 24.8 Å². The monoisotopic (exact) mass is 454 g/mol. The highest BCUT2D eigenvalue weighted by atomic mass is 35.5. The van der Waals surface area contributed by atoms with Crippen LogP contribution in [0.3, 0.4) is 0 Å². The van der Waals surface area contributed by atoms with Crippen LogP contribution in [0.15, 0.2) is 60.2 Å². The molecule has 2 amide bonds. The second kappa shape index (κ2) is 10.4. The second-order valence-corrected chi connectivity index (χ2v) is 9.55. The van der Waals surface area contributed by atoms with E-state index in [0.717, 1.165) is 24.0 Å². The van der Waals surface area contributed by atoms with Gasteiger partial charge in [-0.2, -0.15) is 0 Å². The number of allylic oxidation sites excluding steroid dienone is 1. The first kappa shape index (κ1) is 22.0. The Hall–Kier alpha value is -2.24. The third-order valence-corrected chi connectivity index (χ3v) is 7.32. The minimum absolute atomic E-state index is 0.0430. The summed E-state index contributed by atoms with van der Waals surface area (Å²) in [5, 5.41) is 3.67. The number of nitrogens with zero attached hydrogens (tertiary/aromatic N) is 1. The van der Waals surface area contributed by atoms with E-state index < -0.39 is 0 Å². The SMILES string of the molecule is O=C(NCCC1=CCCCC1)c1ccc([C@H]2SCC(=O)N2Cc2ccc(Cl)cc2)cc1. The molecule has 1 fully saturated rings. The van der Waals surface area contributed by atoms with Gasteiger partial charge in [0.1, 0.15) is 5.37 Å². The quantitative estimate of drug-likeness (QED) is 0.543. The lowest BCUT2D eigenvalue weighted by Crippen LogP contribution is -2.28. The molecule has 4 rings (SSSR count). The van der Waals surface area contributed by atoms with Gasteiger partial charge in [0.05, 0.1) is 5.75 Å². The van der Waals surface area contributed by atoms with Gasteiger partial charge in [0, 0.05) is 23.7 Å². The van der Waals surface area contributed by atoms with Gasteiger partial charge in [-0.1, -0.05) is 47.5 Å². The van der Waals surface area contributed by atoms with Crippen LogP contribution in [-0.2, 0) is 11.3 Å². The molecule has 1 heterocycles. The number of carbonyl (C=O) groups excluding carboxylic acids is 2. The first-order valence-electron chi connectivity index (χ1n) is 10.8. The van der Waals surface area contributed by atoms with Gasteiger partial charge in [-0.25, -0.2) is 0 Å². The first-order valence-corrected chi connectivity index (χ1v) is 12.2. The summed E-state index contributed by atoms with van der Waals surface area (Å²) < 4.78 is 0. The van der Waals surface area contributed by atoms with Crippen LogP contribution in [0.5, 0.6) is 0 Å². The molecule has 1 atom stereocenters. The molecule has 2 aromatic rings. The Bertz CT molecular complexity index is 956. The summed E-state index contributed by atoms with van der Waals surface area (Å²) >= 11 is 7.59.